The molecule has 1 unspecified atom stereocenters. The average Bonchev–Trinajstić information content (AvgIpc) is 1.98. The van der Waals surface area contributed by atoms with Crippen molar-refractivity contribution in [2.24, 2.45) is 0 Å². The Morgan fingerprint density at radius 3 is 2.83 bits per heavy atom. The first-order valence-electron chi connectivity index (χ1n) is 3.15. The van der Waals surface area contributed by atoms with E-state index in [1.54, 1.807) is 19.1 Å². The van der Waals surface area contributed by atoms with E-state index in [0.29, 0.717) is 5.56 Å². The van der Waals surface area contributed by atoms with E-state index < -0.39 is 17.2 Å². The maximum absolute atomic E-state index is 13.0. The van der Waals surface area contributed by atoms with Crippen molar-refractivity contribution >= 4 is 11.4 Å². The highest BCUT2D eigenvalue weighted by Crippen LogP contribution is 2.19. The lowest BCUT2D eigenvalue weighted by atomic mass is 10.2. The molecular weight excluding hydrogens is 183 g/mol. The summed E-state index contributed by atoms with van der Waals surface area (Å²) < 4.78 is 35.7. The first kappa shape index (κ1) is 9.15. The van der Waals surface area contributed by atoms with Crippen LogP contribution in [-0.4, -0.2) is 8.76 Å². The Bertz CT molecular complexity index is 314. The van der Waals surface area contributed by atoms with Crippen molar-refractivity contribution in [2.45, 2.75) is 6.92 Å². The molecule has 0 fully saturated rings. The summed E-state index contributed by atoms with van der Waals surface area (Å²) in [4.78, 5) is 0. The van der Waals surface area contributed by atoms with Crippen LogP contribution in [0.1, 0.15) is 5.56 Å². The fourth-order valence-electron chi connectivity index (χ4n) is 0.762. The summed E-state index contributed by atoms with van der Waals surface area (Å²) in [6, 6.07) is 4.37. The molecule has 0 saturated carbocycles. The maximum atomic E-state index is 13.0. The van der Waals surface area contributed by atoms with Crippen molar-refractivity contribution in [3.8, 4) is 5.75 Å². The van der Waals surface area contributed by atoms with Crippen LogP contribution in [0, 0.1) is 12.7 Å². The first-order chi connectivity index (χ1) is 5.61. The standard InChI is InChI=1S/C7H7FO3S/c1-5-3-2-4-6(7(5)8)11-12(9)10/h2-4H,1H3,(H,9,10). The van der Waals surface area contributed by atoms with Crippen molar-refractivity contribution in [1.82, 2.24) is 0 Å². The van der Waals surface area contributed by atoms with E-state index in [1.165, 1.54) is 6.07 Å². The molecule has 1 rings (SSSR count). The molecule has 1 aromatic rings. The Labute approximate surface area is 71.7 Å². The van der Waals surface area contributed by atoms with Crippen LogP contribution in [-0.2, 0) is 11.4 Å². The Kier molecular flexibility index (Phi) is 2.78. The van der Waals surface area contributed by atoms with Crippen LogP contribution in [0.15, 0.2) is 18.2 Å². The van der Waals surface area contributed by atoms with Crippen LogP contribution in [0.2, 0.25) is 0 Å². The van der Waals surface area contributed by atoms with Crippen LogP contribution in [0.3, 0.4) is 0 Å². The van der Waals surface area contributed by atoms with Gasteiger partial charge in [0.2, 0.25) is 0 Å². The second kappa shape index (κ2) is 3.64. The number of halogens is 1. The SMILES string of the molecule is Cc1cccc(OS(=O)O)c1F. The topological polar surface area (TPSA) is 46.5 Å². The molecule has 0 amide bonds. The minimum atomic E-state index is -2.48. The van der Waals surface area contributed by atoms with Crippen LogP contribution >= 0.6 is 0 Å². The molecule has 3 nitrogen and oxygen atoms in total. The first-order valence-corrected chi connectivity index (χ1v) is 4.18. The van der Waals surface area contributed by atoms with Gasteiger partial charge in [0, 0.05) is 0 Å². The summed E-state index contributed by atoms with van der Waals surface area (Å²) in [5, 5.41) is 0. The zero-order chi connectivity index (χ0) is 9.14. The Hall–Kier alpha value is -0.940. The van der Waals surface area contributed by atoms with Gasteiger partial charge < -0.3 is 4.18 Å². The summed E-state index contributed by atoms with van der Waals surface area (Å²) >= 11 is -2.48. The molecule has 0 saturated heterocycles. The van der Waals surface area contributed by atoms with Crippen molar-refractivity contribution in [1.29, 1.82) is 0 Å². The number of hydrogen-bond donors (Lipinski definition) is 1. The minimum absolute atomic E-state index is 0.212. The Morgan fingerprint density at radius 1 is 1.58 bits per heavy atom. The van der Waals surface area contributed by atoms with E-state index >= 15 is 0 Å². The average molecular weight is 190 g/mol. The van der Waals surface area contributed by atoms with Gasteiger partial charge in [0.05, 0.1) is 0 Å². The molecule has 0 aliphatic carbocycles. The zero-order valence-electron chi connectivity index (χ0n) is 6.28. The van der Waals surface area contributed by atoms with Gasteiger partial charge in [0.15, 0.2) is 11.6 Å². The fourth-order valence-corrected chi connectivity index (χ4v) is 1.04. The smallest absolute Gasteiger partial charge is 0.357 e. The lowest BCUT2D eigenvalue weighted by Crippen LogP contribution is -2.00. The summed E-state index contributed by atoms with van der Waals surface area (Å²) in [5.41, 5.74) is 0.373. The zero-order valence-corrected chi connectivity index (χ0v) is 7.10. The van der Waals surface area contributed by atoms with E-state index in [4.69, 9.17) is 4.55 Å². The van der Waals surface area contributed by atoms with Crippen molar-refractivity contribution in [2.75, 3.05) is 0 Å². The predicted octanol–water partition coefficient (Wildman–Crippen LogP) is 1.65. The number of benzene rings is 1. The van der Waals surface area contributed by atoms with Gasteiger partial charge in [-0.2, -0.15) is 4.21 Å². The highest BCUT2D eigenvalue weighted by atomic mass is 32.2. The van der Waals surface area contributed by atoms with Crippen LogP contribution in [0.25, 0.3) is 0 Å². The van der Waals surface area contributed by atoms with E-state index in [0.717, 1.165) is 0 Å². The molecule has 1 aromatic carbocycles. The van der Waals surface area contributed by atoms with Crippen molar-refractivity contribution < 1.29 is 17.3 Å². The monoisotopic (exact) mass is 190 g/mol. The largest absolute Gasteiger partial charge is 0.377 e. The van der Waals surface area contributed by atoms with Gasteiger partial charge in [-0.05, 0) is 18.6 Å². The van der Waals surface area contributed by atoms with Gasteiger partial charge in [0.25, 0.3) is 0 Å². The van der Waals surface area contributed by atoms with E-state index in [1.807, 2.05) is 0 Å². The molecule has 5 heteroatoms. The van der Waals surface area contributed by atoms with Crippen LogP contribution in [0.5, 0.6) is 5.75 Å². The van der Waals surface area contributed by atoms with Gasteiger partial charge in [-0.25, -0.2) is 4.39 Å². The van der Waals surface area contributed by atoms with E-state index in [2.05, 4.69) is 4.18 Å². The van der Waals surface area contributed by atoms with Gasteiger partial charge >= 0.3 is 11.4 Å². The number of aryl methyl sites for hydroxylation is 1. The second-order valence-electron chi connectivity index (χ2n) is 2.19. The molecule has 66 valence electrons. The normalized spacial score (nSPS) is 12.6. The number of hydrogen-bond acceptors (Lipinski definition) is 2. The lowest BCUT2D eigenvalue weighted by molar-refractivity contribution is 0.438. The summed E-state index contributed by atoms with van der Waals surface area (Å²) in [5.74, 6) is -0.823. The van der Waals surface area contributed by atoms with Gasteiger partial charge in [-0.1, -0.05) is 12.1 Å². The van der Waals surface area contributed by atoms with Gasteiger partial charge in [-0.3, -0.25) is 4.55 Å². The quantitative estimate of drug-likeness (QED) is 0.721. The third kappa shape index (κ3) is 2.02. The van der Waals surface area contributed by atoms with Crippen LogP contribution < -0.4 is 4.18 Å². The van der Waals surface area contributed by atoms with Gasteiger partial charge in [0.1, 0.15) is 0 Å². The van der Waals surface area contributed by atoms with Crippen LogP contribution in [0.4, 0.5) is 4.39 Å². The molecule has 0 heterocycles. The third-order valence-corrected chi connectivity index (χ3v) is 1.64. The molecular formula is C7H7FO3S. The van der Waals surface area contributed by atoms with Gasteiger partial charge in [-0.15, -0.1) is 0 Å². The summed E-state index contributed by atoms with van der Waals surface area (Å²) in [6.07, 6.45) is 0. The minimum Gasteiger partial charge on any atom is -0.377 e. The molecule has 0 bridgehead atoms. The molecule has 1 N–H and O–H groups in total. The van der Waals surface area contributed by atoms with E-state index in [9.17, 15) is 8.60 Å². The fraction of sp³-hybridized carbons (Fsp3) is 0.143. The molecule has 0 aromatic heterocycles. The van der Waals surface area contributed by atoms with Crippen molar-refractivity contribution in [3.05, 3.63) is 29.6 Å². The maximum Gasteiger partial charge on any atom is 0.357 e. The molecule has 1 atom stereocenters. The summed E-state index contributed by atoms with van der Waals surface area (Å²) in [6.45, 7) is 1.54. The molecule has 0 spiro atoms. The summed E-state index contributed by atoms with van der Waals surface area (Å²) in [7, 11) is 0. The van der Waals surface area contributed by atoms with E-state index in [-0.39, 0.29) is 5.75 Å². The molecule has 0 aliphatic heterocycles. The lowest BCUT2D eigenvalue weighted by Gasteiger charge is -2.02. The number of rotatable bonds is 2. The molecule has 0 radical (unpaired) electrons. The Morgan fingerprint density at radius 2 is 2.25 bits per heavy atom. The molecule has 0 aliphatic rings. The highest BCUT2D eigenvalue weighted by Gasteiger charge is 2.07. The third-order valence-electron chi connectivity index (χ3n) is 1.32. The highest BCUT2D eigenvalue weighted by molar-refractivity contribution is 7.74. The Balaban J connectivity index is 3.00. The predicted molar refractivity (Wildman–Crippen MR) is 42.5 cm³/mol. The second-order valence-corrected chi connectivity index (χ2v) is 2.79. The molecule has 12 heavy (non-hydrogen) atoms. The van der Waals surface area contributed by atoms with Crippen molar-refractivity contribution in [3.63, 3.8) is 0 Å².